The maximum Gasteiger partial charge on any atom is 0.142 e. The zero-order valence-electron chi connectivity index (χ0n) is 11.3. The van der Waals surface area contributed by atoms with Gasteiger partial charge in [0.1, 0.15) is 5.75 Å². The van der Waals surface area contributed by atoms with Crippen molar-refractivity contribution in [1.29, 1.82) is 0 Å². The maximum atomic E-state index is 6.13. The van der Waals surface area contributed by atoms with Gasteiger partial charge in [0.15, 0.2) is 0 Å². The molecule has 3 nitrogen and oxygen atoms in total. The molecule has 1 aliphatic heterocycles. The molecule has 0 saturated carbocycles. The van der Waals surface area contributed by atoms with Crippen LogP contribution in [0.15, 0.2) is 18.2 Å². The van der Waals surface area contributed by atoms with Crippen LogP contribution in [0.25, 0.3) is 0 Å². The van der Waals surface area contributed by atoms with Crippen molar-refractivity contribution >= 4 is 17.3 Å². The number of hydrogen-bond acceptors (Lipinski definition) is 3. The molecule has 0 bridgehead atoms. The van der Waals surface area contributed by atoms with Crippen LogP contribution >= 0.6 is 11.6 Å². The summed E-state index contributed by atoms with van der Waals surface area (Å²) in [5.74, 6) is 0.884. The second-order valence-corrected chi connectivity index (χ2v) is 5.72. The van der Waals surface area contributed by atoms with E-state index in [4.69, 9.17) is 16.3 Å². The third kappa shape index (κ3) is 2.73. The third-order valence-electron chi connectivity index (χ3n) is 3.59. The zero-order chi connectivity index (χ0) is 13.2. The number of anilines is 1. The molecule has 1 saturated heterocycles. The van der Waals surface area contributed by atoms with Gasteiger partial charge in [-0.2, -0.15) is 0 Å². The Kier molecular flexibility index (Phi) is 4.03. The monoisotopic (exact) mass is 268 g/mol. The highest BCUT2D eigenvalue weighted by Gasteiger charge is 2.30. The molecular formula is C14H21ClN2O. The fourth-order valence-electron chi connectivity index (χ4n) is 2.47. The van der Waals surface area contributed by atoms with Gasteiger partial charge in [-0.15, -0.1) is 0 Å². The van der Waals surface area contributed by atoms with E-state index in [1.165, 1.54) is 0 Å². The molecule has 100 valence electrons. The van der Waals surface area contributed by atoms with Gasteiger partial charge in [0, 0.05) is 23.7 Å². The van der Waals surface area contributed by atoms with E-state index >= 15 is 0 Å². The van der Waals surface area contributed by atoms with E-state index in [1.807, 2.05) is 18.2 Å². The van der Waals surface area contributed by atoms with Crippen molar-refractivity contribution in [2.45, 2.75) is 25.8 Å². The third-order valence-corrected chi connectivity index (χ3v) is 3.82. The van der Waals surface area contributed by atoms with Crippen molar-refractivity contribution in [1.82, 2.24) is 5.32 Å². The first-order valence-corrected chi connectivity index (χ1v) is 6.74. The second kappa shape index (κ2) is 5.37. The number of rotatable bonds is 2. The van der Waals surface area contributed by atoms with Crippen LogP contribution in [0, 0.1) is 0 Å². The van der Waals surface area contributed by atoms with E-state index in [1.54, 1.807) is 7.11 Å². The number of methoxy groups -OCH3 is 1. The average molecular weight is 269 g/mol. The molecule has 0 aromatic heterocycles. The van der Waals surface area contributed by atoms with Crippen molar-refractivity contribution in [3.63, 3.8) is 0 Å². The molecule has 0 amide bonds. The lowest BCUT2D eigenvalue weighted by Crippen LogP contribution is -2.44. The standard InChI is InChI=1S/C14H21ClN2O/c1-14(2)6-7-16-8-9-17(14)12-10-11(15)4-5-13(12)18-3/h4-5,10,16H,6-9H2,1-3H3. The topological polar surface area (TPSA) is 24.5 Å². The molecule has 2 rings (SSSR count). The van der Waals surface area contributed by atoms with Gasteiger partial charge in [0.25, 0.3) is 0 Å². The summed E-state index contributed by atoms with van der Waals surface area (Å²) in [4.78, 5) is 2.39. The predicted octanol–water partition coefficient (Wildman–Crippen LogP) is 2.93. The Labute approximate surface area is 114 Å². The first kappa shape index (κ1) is 13.5. The minimum atomic E-state index is 0.0987. The van der Waals surface area contributed by atoms with Gasteiger partial charge >= 0.3 is 0 Å². The molecular weight excluding hydrogens is 248 g/mol. The van der Waals surface area contributed by atoms with E-state index in [9.17, 15) is 0 Å². The Morgan fingerprint density at radius 1 is 1.33 bits per heavy atom. The Morgan fingerprint density at radius 2 is 2.11 bits per heavy atom. The number of ether oxygens (including phenoxy) is 1. The Balaban J connectivity index is 2.41. The van der Waals surface area contributed by atoms with Gasteiger partial charge in [0.05, 0.1) is 12.8 Å². The first-order chi connectivity index (χ1) is 8.54. The van der Waals surface area contributed by atoms with Gasteiger partial charge in [-0.05, 0) is 45.0 Å². The summed E-state index contributed by atoms with van der Waals surface area (Å²) >= 11 is 6.13. The molecule has 4 heteroatoms. The minimum Gasteiger partial charge on any atom is -0.495 e. The molecule has 1 aliphatic rings. The maximum absolute atomic E-state index is 6.13. The molecule has 18 heavy (non-hydrogen) atoms. The number of nitrogens with one attached hydrogen (secondary N) is 1. The quantitative estimate of drug-likeness (QED) is 0.893. The molecule has 0 radical (unpaired) electrons. The molecule has 0 atom stereocenters. The average Bonchev–Trinajstić information content (AvgIpc) is 2.50. The summed E-state index contributed by atoms with van der Waals surface area (Å²) in [7, 11) is 1.70. The lowest BCUT2D eigenvalue weighted by Gasteiger charge is -2.39. The highest BCUT2D eigenvalue weighted by molar-refractivity contribution is 6.30. The van der Waals surface area contributed by atoms with Crippen LogP contribution in [0.4, 0.5) is 5.69 Å². The molecule has 1 aromatic carbocycles. The van der Waals surface area contributed by atoms with E-state index < -0.39 is 0 Å². The number of nitrogens with zero attached hydrogens (tertiary/aromatic N) is 1. The normalized spacial score (nSPS) is 19.4. The van der Waals surface area contributed by atoms with Gasteiger partial charge < -0.3 is 15.0 Å². The zero-order valence-corrected chi connectivity index (χ0v) is 12.0. The predicted molar refractivity (Wildman–Crippen MR) is 76.9 cm³/mol. The fraction of sp³-hybridized carbons (Fsp3) is 0.571. The van der Waals surface area contributed by atoms with Gasteiger partial charge in [-0.3, -0.25) is 0 Å². The van der Waals surface area contributed by atoms with Crippen LogP contribution in [-0.2, 0) is 0 Å². The number of hydrogen-bond donors (Lipinski definition) is 1. The molecule has 0 aliphatic carbocycles. The Morgan fingerprint density at radius 3 is 2.83 bits per heavy atom. The van der Waals surface area contributed by atoms with E-state index in [0.717, 1.165) is 42.5 Å². The van der Waals surface area contributed by atoms with Crippen molar-refractivity contribution in [2.75, 3.05) is 31.6 Å². The SMILES string of the molecule is COc1ccc(Cl)cc1N1CCNCCC1(C)C. The van der Waals surface area contributed by atoms with Crippen LogP contribution < -0.4 is 15.0 Å². The molecule has 0 spiro atoms. The lowest BCUT2D eigenvalue weighted by atomic mass is 9.97. The summed E-state index contributed by atoms with van der Waals surface area (Å²) < 4.78 is 5.47. The van der Waals surface area contributed by atoms with Crippen molar-refractivity contribution < 1.29 is 4.74 Å². The number of benzene rings is 1. The summed E-state index contributed by atoms with van der Waals surface area (Å²) in [6.45, 7) is 7.52. The molecule has 0 unspecified atom stereocenters. The smallest absolute Gasteiger partial charge is 0.142 e. The summed E-state index contributed by atoms with van der Waals surface area (Å²) in [5, 5.41) is 4.19. The van der Waals surface area contributed by atoms with Crippen LogP contribution in [0.2, 0.25) is 5.02 Å². The van der Waals surface area contributed by atoms with Gasteiger partial charge in [-0.25, -0.2) is 0 Å². The minimum absolute atomic E-state index is 0.0987. The van der Waals surface area contributed by atoms with Crippen LogP contribution in [0.1, 0.15) is 20.3 Å². The van der Waals surface area contributed by atoms with Crippen molar-refractivity contribution in [3.05, 3.63) is 23.2 Å². The fourth-order valence-corrected chi connectivity index (χ4v) is 2.63. The van der Waals surface area contributed by atoms with Crippen molar-refractivity contribution in [3.8, 4) is 5.75 Å². The largest absolute Gasteiger partial charge is 0.495 e. The highest BCUT2D eigenvalue weighted by Crippen LogP contribution is 2.36. The Hall–Kier alpha value is -0.930. The summed E-state index contributed by atoms with van der Waals surface area (Å²) in [6.07, 6.45) is 1.10. The molecule has 1 aromatic rings. The van der Waals surface area contributed by atoms with Gasteiger partial charge in [0.2, 0.25) is 0 Å². The van der Waals surface area contributed by atoms with Crippen LogP contribution in [0.3, 0.4) is 0 Å². The lowest BCUT2D eigenvalue weighted by molar-refractivity contribution is 0.402. The number of halogens is 1. The molecule has 1 N–H and O–H groups in total. The van der Waals surface area contributed by atoms with E-state index in [0.29, 0.717) is 0 Å². The van der Waals surface area contributed by atoms with Crippen LogP contribution in [0.5, 0.6) is 5.75 Å². The van der Waals surface area contributed by atoms with E-state index in [-0.39, 0.29) is 5.54 Å². The van der Waals surface area contributed by atoms with Crippen molar-refractivity contribution in [2.24, 2.45) is 0 Å². The second-order valence-electron chi connectivity index (χ2n) is 5.28. The summed E-state index contributed by atoms with van der Waals surface area (Å²) in [5.41, 5.74) is 1.18. The Bertz CT molecular complexity index is 420. The highest BCUT2D eigenvalue weighted by atomic mass is 35.5. The van der Waals surface area contributed by atoms with Gasteiger partial charge in [-0.1, -0.05) is 11.6 Å². The van der Waals surface area contributed by atoms with E-state index in [2.05, 4.69) is 24.1 Å². The summed E-state index contributed by atoms with van der Waals surface area (Å²) in [6, 6.07) is 5.80. The molecule has 1 fully saturated rings. The first-order valence-electron chi connectivity index (χ1n) is 6.36. The van der Waals surface area contributed by atoms with Crippen LogP contribution in [-0.4, -0.2) is 32.3 Å². The molecule has 1 heterocycles.